The van der Waals surface area contributed by atoms with Gasteiger partial charge in [0, 0.05) is 13.1 Å². The SMILES string of the molecule is CCOC(=O)[C@H]1CCCN(C(=O)c2nn(-c3cc(C)cc(C)c3)c(=O)n(Cc3cccc(C)c3)c2=O)C1. The molecule has 1 aliphatic heterocycles. The molecule has 194 valence electrons. The summed E-state index contributed by atoms with van der Waals surface area (Å²) in [5.74, 6) is -1.42. The molecule has 0 N–H and O–H groups in total. The zero-order chi connectivity index (χ0) is 26.7. The van der Waals surface area contributed by atoms with Crippen LogP contribution in [0.5, 0.6) is 0 Å². The highest BCUT2D eigenvalue weighted by Gasteiger charge is 2.32. The quantitative estimate of drug-likeness (QED) is 0.478. The van der Waals surface area contributed by atoms with Crippen LogP contribution in [0.4, 0.5) is 0 Å². The van der Waals surface area contributed by atoms with Crippen molar-refractivity contribution in [2.45, 2.75) is 47.1 Å². The summed E-state index contributed by atoms with van der Waals surface area (Å²) in [5.41, 5.74) is 2.32. The van der Waals surface area contributed by atoms with Crippen LogP contribution >= 0.6 is 0 Å². The van der Waals surface area contributed by atoms with Crippen molar-refractivity contribution in [3.05, 3.63) is 91.3 Å². The van der Waals surface area contributed by atoms with Gasteiger partial charge in [-0.05, 0) is 69.4 Å². The van der Waals surface area contributed by atoms with Crippen molar-refractivity contribution >= 4 is 11.9 Å². The summed E-state index contributed by atoms with van der Waals surface area (Å²) in [6.45, 7) is 8.25. The number of piperidine rings is 1. The van der Waals surface area contributed by atoms with Gasteiger partial charge >= 0.3 is 11.7 Å². The average Bonchev–Trinajstić information content (AvgIpc) is 2.86. The minimum Gasteiger partial charge on any atom is -0.466 e. The smallest absolute Gasteiger partial charge is 0.352 e. The third-order valence-corrected chi connectivity index (χ3v) is 6.47. The number of aryl methyl sites for hydroxylation is 3. The molecular formula is C28H32N4O5. The van der Waals surface area contributed by atoms with Gasteiger partial charge in [-0.15, -0.1) is 0 Å². The fourth-order valence-corrected chi connectivity index (χ4v) is 4.79. The molecule has 37 heavy (non-hydrogen) atoms. The maximum atomic E-state index is 13.6. The fourth-order valence-electron chi connectivity index (χ4n) is 4.79. The molecule has 0 spiro atoms. The molecule has 3 aromatic rings. The molecule has 0 radical (unpaired) electrons. The summed E-state index contributed by atoms with van der Waals surface area (Å²) in [4.78, 5) is 54.5. The lowest BCUT2D eigenvalue weighted by atomic mass is 9.98. The fraction of sp³-hybridized carbons (Fsp3) is 0.393. The first-order valence-electron chi connectivity index (χ1n) is 12.5. The second-order valence-electron chi connectivity index (χ2n) is 9.61. The van der Waals surface area contributed by atoms with Gasteiger partial charge in [0.1, 0.15) is 0 Å². The Morgan fingerprint density at radius 2 is 1.76 bits per heavy atom. The summed E-state index contributed by atoms with van der Waals surface area (Å²) < 4.78 is 7.32. The van der Waals surface area contributed by atoms with Crippen molar-refractivity contribution in [1.82, 2.24) is 19.2 Å². The van der Waals surface area contributed by atoms with Gasteiger partial charge in [0.25, 0.3) is 11.5 Å². The first kappa shape index (κ1) is 26.1. The Balaban J connectivity index is 1.82. The normalized spacial score (nSPS) is 15.5. The van der Waals surface area contributed by atoms with E-state index in [1.54, 1.807) is 19.1 Å². The molecule has 9 heteroatoms. The third kappa shape index (κ3) is 5.71. The van der Waals surface area contributed by atoms with Crippen molar-refractivity contribution in [2.75, 3.05) is 19.7 Å². The molecular weight excluding hydrogens is 472 g/mol. The number of hydrogen-bond acceptors (Lipinski definition) is 6. The number of carbonyl (C=O) groups excluding carboxylic acids is 2. The number of nitrogens with zero attached hydrogens (tertiary/aromatic N) is 4. The van der Waals surface area contributed by atoms with Crippen molar-refractivity contribution in [3.63, 3.8) is 0 Å². The lowest BCUT2D eigenvalue weighted by molar-refractivity contribution is -0.149. The standard InChI is InChI=1S/C28H32N4O5/c1-5-37-27(35)22-10-7-11-30(17-22)25(33)24-26(34)31(16-21-9-6-8-18(2)13-21)28(36)32(29-24)23-14-19(3)12-20(4)15-23/h6,8-9,12-15,22H,5,7,10-11,16-17H2,1-4H3/t22-/m0/s1. The molecule has 1 amide bonds. The maximum absolute atomic E-state index is 13.6. The number of hydrogen-bond donors (Lipinski definition) is 0. The molecule has 0 saturated carbocycles. The van der Waals surface area contributed by atoms with E-state index in [1.807, 2.05) is 51.1 Å². The summed E-state index contributed by atoms with van der Waals surface area (Å²) in [7, 11) is 0. The first-order valence-corrected chi connectivity index (χ1v) is 12.5. The van der Waals surface area contributed by atoms with E-state index in [1.165, 1.54) is 4.90 Å². The van der Waals surface area contributed by atoms with Gasteiger partial charge in [0.15, 0.2) is 0 Å². The molecule has 1 aliphatic rings. The van der Waals surface area contributed by atoms with Crippen molar-refractivity contribution in [1.29, 1.82) is 0 Å². The zero-order valence-corrected chi connectivity index (χ0v) is 21.7. The molecule has 0 bridgehead atoms. The molecule has 2 aromatic carbocycles. The number of rotatable bonds is 6. The number of carbonyl (C=O) groups is 2. The van der Waals surface area contributed by atoms with Crippen LogP contribution in [-0.2, 0) is 16.1 Å². The van der Waals surface area contributed by atoms with Gasteiger partial charge in [-0.2, -0.15) is 9.78 Å². The summed E-state index contributed by atoms with van der Waals surface area (Å²) in [6.07, 6.45) is 1.21. The Labute approximate surface area is 215 Å². The second kappa shape index (κ2) is 10.9. The van der Waals surface area contributed by atoms with Crippen LogP contribution in [0.1, 0.15) is 52.5 Å². The topological polar surface area (TPSA) is 104 Å². The van der Waals surface area contributed by atoms with Crippen LogP contribution in [-0.4, -0.2) is 50.8 Å². The van der Waals surface area contributed by atoms with Crippen LogP contribution in [0.15, 0.2) is 52.1 Å². The van der Waals surface area contributed by atoms with Gasteiger partial charge in [0.05, 0.1) is 24.8 Å². The monoisotopic (exact) mass is 504 g/mol. The number of ether oxygens (including phenoxy) is 1. The Hall–Kier alpha value is -4.01. The molecule has 1 fully saturated rings. The van der Waals surface area contributed by atoms with E-state index in [9.17, 15) is 19.2 Å². The van der Waals surface area contributed by atoms with Gasteiger partial charge < -0.3 is 9.64 Å². The number of amides is 1. The number of likely N-dealkylation sites (tertiary alicyclic amines) is 1. The third-order valence-electron chi connectivity index (χ3n) is 6.47. The van der Waals surface area contributed by atoms with Gasteiger partial charge in [0.2, 0.25) is 5.69 Å². The predicted octanol–water partition coefficient (Wildman–Crippen LogP) is 2.78. The van der Waals surface area contributed by atoms with Gasteiger partial charge in [-0.1, -0.05) is 35.9 Å². The minimum atomic E-state index is -0.754. The van der Waals surface area contributed by atoms with Crippen LogP contribution in [0.3, 0.4) is 0 Å². The molecule has 2 heterocycles. The number of esters is 1. The molecule has 4 rings (SSSR count). The van der Waals surface area contributed by atoms with Crippen LogP contribution in [0.2, 0.25) is 0 Å². The first-order chi connectivity index (χ1) is 17.7. The maximum Gasteiger partial charge on any atom is 0.352 e. The highest BCUT2D eigenvalue weighted by molar-refractivity contribution is 5.92. The summed E-state index contributed by atoms with van der Waals surface area (Å²) in [5, 5.41) is 4.29. The van der Waals surface area contributed by atoms with Crippen LogP contribution in [0, 0.1) is 26.7 Å². The zero-order valence-electron chi connectivity index (χ0n) is 21.7. The van der Waals surface area contributed by atoms with E-state index in [0.29, 0.717) is 25.1 Å². The van der Waals surface area contributed by atoms with E-state index < -0.39 is 23.1 Å². The minimum absolute atomic E-state index is 0.00159. The van der Waals surface area contributed by atoms with E-state index in [4.69, 9.17) is 4.74 Å². The molecule has 0 aliphatic carbocycles. The second-order valence-corrected chi connectivity index (χ2v) is 9.61. The molecule has 0 unspecified atom stereocenters. The van der Waals surface area contributed by atoms with Crippen molar-refractivity contribution in [3.8, 4) is 5.69 Å². The Bertz CT molecular complexity index is 1440. The lowest BCUT2D eigenvalue weighted by Crippen LogP contribution is -2.49. The largest absolute Gasteiger partial charge is 0.466 e. The molecule has 1 aromatic heterocycles. The highest BCUT2D eigenvalue weighted by Crippen LogP contribution is 2.19. The Morgan fingerprint density at radius 3 is 2.43 bits per heavy atom. The summed E-state index contributed by atoms with van der Waals surface area (Å²) >= 11 is 0. The predicted molar refractivity (Wildman–Crippen MR) is 139 cm³/mol. The van der Waals surface area contributed by atoms with Crippen molar-refractivity contribution in [2.24, 2.45) is 5.92 Å². The van der Waals surface area contributed by atoms with E-state index in [-0.39, 0.29) is 31.4 Å². The number of aromatic nitrogens is 3. The lowest BCUT2D eigenvalue weighted by Gasteiger charge is -2.31. The summed E-state index contributed by atoms with van der Waals surface area (Å²) in [6, 6.07) is 13.0. The Morgan fingerprint density at radius 1 is 1.03 bits per heavy atom. The van der Waals surface area contributed by atoms with E-state index >= 15 is 0 Å². The van der Waals surface area contributed by atoms with Crippen LogP contribution < -0.4 is 11.2 Å². The highest BCUT2D eigenvalue weighted by atomic mass is 16.5. The van der Waals surface area contributed by atoms with E-state index in [2.05, 4.69) is 5.10 Å². The van der Waals surface area contributed by atoms with Gasteiger partial charge in [-0.25, -0.2) is 4.79 Å². The Kier molecular flexibility index (Phi) is 7.71. The van der Waals surface area contributed by atoms with Crippen molar-refractivity contribution < 1.29 is 14.3 Å². The molecule has 1 saturated heterocycles. The van der Waals surface area contributed by atoms with E-state index in [0.717, 1.165) is 31.5 Å². The van der Waals surface area contributed by atoms with Crippen LogP contribution in [0.25, 0.3) is 5.69 Å². The number of benzene rings is 2. The molecule has 9 nitrogen and oxygen atoms in total. The average molecular weight is 505 g/mol. The molecule has 1 atom stereocenters. The van der Waals surface area contributed by atoms with Gasteiger partial charge in [-0.3, -0.25) is 19.0 Å².